The van der Waals surface area contributed by atoms with Crippen molar-refractivity contribution in [3.8, 4) is 5.75 Å². The van der Waals surface area contributed by atoms with Gasteiger partial charge in [-0.25, -0.2) is 13.2 Å². The lowest BCUT2D eigenvalue weighted by atomic mass is 10.1. The molecule has 0 spiro atoms. The number of ketones is 1. The van der Waals surface area contributed by atoms with Crippen molar-refractivity contribution in [3.63, 3.8) is 0 Å². The third-order valence-electron chi connectivity index (χ3n) is 4.92. The molecule has 2 heterocycles. The predicted octanol–water partition coefficient (Wildman–Crippen LogP) is 3.40. The predicted molar refractivity (Wildman–Crippen MR) is 121 cm³/mol. The van der Waals surface area contributed by atoms with Crippen molar-refractivity contribution in [2.75, 3.05) is 24.3 Å². The molecule has 0 radical (unpaired) electrons. The molecule has 32 heavy (non-hydrogen) atoms. The normalized spacial score (nSPS) is 14.3. The third-order valence-corrected chi connectivity index (χ3v) is 7.80. The highest BCUT2D eigenvalue weighted by Gasteiger charge is 2.31. The molecule has 3 rings (SSSR count). The van der Waals surface area contributed by atoms with E-state index >= 15 is 0 Å². The van der Waals surface area contributed by atoms with E-state index in [1.165, 1.54) is 6.92 Å². The lowest BCUT2D eigenvalue weighted by molar-refractivity contribution is -0.116. The maximum Gasteiger partial charge on any atom is 0.341 e. The van der Waals surface area contributed by atoms with Gasteiger partial charge in [0.25, 0.3) is 0 Å². The van der Waals surface area contributed by atoms with E-state index in [-0.39, 0.29) is 48.2 Å². The Hall–Kier alpha value is -2.72. The lowest BCUT2D eigenvalue weighted by Crippen LogP contribution is -2.20. The molecule has 1 aromatic heterocycles. The number of carbonyl (C=O) groups excluding carboxylic acids is 3. The summed E-state index contributed by atoms with van der Waals surface area (Å²) in [5, 5.41) is 3.07. The van der Waals surface area contributed by atoms with Crippen LogP contribution in [0.15, 0.2) is 24.3 Å². The average molecular weight is 480 g/mol. The molecule has 0 saturated carbocycles. The number of hydrogen-bond donors (Lipinski definition) is 1. The number of amides is 1. The van der Waals surface area contributed by atoms with Crippen LogP contribution >= 0.6 is 11.3 Å². The van der Waals surface area contributed by atoms with Crippen molar-refractivity contribution in [1.29, 1.82) is 0 Å². The van der Waals surface area contributed by atoms with Gasteiger partial charge in [-0.1, -0.05) is 0 Å². The number of fused-ring (bicyclic) bond motifs is 1. The van der Waals surface area contributed by atoms with Gasteiger partial charge in [0.05, 0.1) is 30.3 Å². The maximum absolute atomic E-state index is 12.5. The quantitative estimate of drug-likeness (QED) is 0.333. The third kappa shape index (κ3) is 5.95. The minimum absolute atomic E-state index is 0.0248. The van der Waals surface area contributed by atoms with E-state index in [2.05, 4.69) is 5.32 Å². The molecule has 8 nitrogen and oxygen atoms in total. The number of anilines is 1. The second kappa shape index (κ2) is 10.3. The van der Waals surface area contributed by atoms with Gasteiger partial charge in [0.1, 0.15) is 10.8 Å². The maximum atomic E-state index is 12.5. The number of hydrogen-bond acceptors (Lipinski definition) is 8. The van der Waals surface area contributed by atoms with Crippen molar-refractivity contribution >= 4 is 43.8 Å². The highest BCUT2D eigenvalue weighted by atomic mass is 32.2. The van der Waals surface area contributed by atoms with Crippen molar-refractivity contribution in [2.24, 2.45) is 0 Å². The molecule has 1 aliphatic heterocycles. The van der Waals surface area contributed by atoms with Gasteiger partial charge in [-0.15, -0.1) is 11.3 Å². The van der Waals surface area contributed by atoms with Gasteiger partial charge in [0.2, 0.25) is 5.91 Å². The van der Waals surface area contributed by atoms with Gasteiger partial charge in [0, 0.05) is 16.9 Å². The monoisotopic (exact) mass is 479 g/mol. The Morgan fingerprint density at radius 1 is 1.16 bits per heavy atom. The Balaban J connectivity index is 1.60. The summed E-state index contributed by atoms with van der Waals surface area (Å²) in [4.78, 5) is 36.8. The van der Waals surface area contributed by atoms with Crippen LogP contribution in [0.25, 0.3) is 0 Å². The number of benzene rings is 1. The molecular formula is C22H25NO7S2. The fraction of sp³-hybridized carbons (Fsp3) is 0.409. The largest absolute Gasteiger partial charge is 0.494 e. The smallest absolute Gasteiger partial charge is 0.341 e. The van der Waals surface area contributed by atoms with Crippen LogP contribution in [0.5, 0.6) is 5.75 Å². The molecule has 10 heteroatoms. The number of esters is 1. The standard InChI is InChI=1S/C22H25NO7S2/c1-3-29-22(26)20-17-10-12-32(27,28)13-18(17)31-21(20)23-19(25)5-4-11-30-16-8-6-15(7-9-16)14(2)24/h6-9H,3-5,10-13H2,1-2H3,(H,23,25). The molecule has 0 bridgehead atoms. The van der Waals surface area contributed by atoms with E-state index in [1.54, 1.807) is 31.2 Å². The van der Waals surface area contributed by atoms with Gasteiger partial charge in [-0.2, -0.15) is 0 Å². The zero-order chi connectivity index (χ0) is 23.3. The molecule has 2 aromatic rings. The summed E-state index contributed by atoms with van der Waals surface area (Å²) in [5.41, 5.74) is 1.51. The molecule has 0 unspecified atom stereocenters. The van der Waals surface area contributed by atoms with Crippen LogP contribution in [0.1, 0.15) is 57.8 Å². The molecule has 0 aliphatic carbocycles. The molecule has 0 atom stereocenters. The number of Topliss-reactive ketones (excluding diaryl/α,β-unsaturated/α-hetero) is 1. The molecule has 1 aliphatic rings. The molecular weight excluding hydrogens is 454 g/mol. The number of nitrogens with one attached hydrogen (secondary N) is 1. The fourth-order valence-corrected chi connectivity index (χ4v) is 6.38. The lowest BCUT2D eigenvalue weighted by Gasteiger charge is -2.13. The topological polar surface area (TPSA) is 116 Å². The summed E-state index contributed by atoms with van der Waals surface area (Å²) in [5.74, 6) is -0.438. The summed E-state index contributed by atoms with van der Waals surface area (Å²) in [6.07, 6.45) is 0.831. The van der Waals surface area contributed by atoms with Crippen molar-refractivity contribution in [3.05, 3.63) is 45.8 Å². The second-order valence-electron chi connectivity index (χ2n) is 7.35. The molecule has 1 amide bonds. The number of carbonyl (C=O) groups is 3. The van der Waals surface area contributed by atoms with Crippen LogP contribution < -0.4 is 10.1 Å². The Morgan fingerprint density at radius 3 is 2.53 bits per heavy atom. The molecule has 1 N–H and O–H groups in total. The average Bonchev–Trinajstić information content (AvgIpc) is 3.07. The first-order chi connectivity index (χ1) is 15.2. The van der Waals surface area contributed by atoms with E-state index in [4.69, 9.17) is 9.47 Å². The highest BCUT2D eigenvalue weighted by Crippen LogP contribution is 2.38. The molecule has 0 saturated heterocycles. The first-order valence-corrected chi connectivity index (χ1v) is 12.9. The first kappa shape index (κ1) is 23.9. The highest BCUT2D eigenvalue weighted by molar-refractivity contribution is 7.90. The van der Waals surface area contributed by atoms with Crippen LogP contribution in [-0.4, -0.2) is 45.0 Å². The summed E-state index contributed by atoms with van der Waals surface area (Å²) in [7, 11) is -3.21. The summed E-state index contributed by atoms with van der Waals surface area (Å²) < 4.78 is 34.7. The molecule has 172 valence electrons. The second-order valence-corrected chi connectivity index (χ2v) is 10.6. The SMILES string of the molecule is CCOC(=O)c1c(NC(=O)CCCOc2ccc(C(C)=O)cc2)sc2c1CCS(=O)(=O)C2. The van der Waals surface area contributed by atoms with Crippen LogP contribution in [0.4, 0.5) is 5.00 Å². The van der Waals surface area contributed by atoms with E-state index in [9.17, 15) is 22.8 Å². The van der Waals surface area contributed by atoms with Crippen LogP contribution in [0.2, 0.25) is 0 Å². The van der Waals surface area contributed by atoms with Crippen LogP contribution in [-0.2, 0) is 31.5 Å². The van der Waals surface area contributed by atoms with Crippen molar-refractivity contribution < 1.29 is 32.3 Å². The van der Waals surface area contributed by atoms with Crippen LogP contribution in [0, 0.1) is 0 Å². The Labute approximate surface area is 190 Å². The fourth-order valence-electron chi connectivity index (χ4n) is 3.33. The number of sulfone groups is 1. The van der Waals surface area contributed by atoms with Gasteiger partial charge < -0.3 is 14.8 Å². The van der Waals surface area contributed by atoms with Gasteiger partial charge in [-0.3, -0.25) is 9.59 Å². The summed E-state index contributed by atoms with van der Waals surface area (Å²) in [6, 6.07) is 6.76. The summed E-state index contributed by atoms with van der Waals surface area (Å²) >= 11 is 1.12. The van der Waals surface area contributed by atoms with E-state index in [0.29, 0.717) is 39.8 Å². The minimum atomic E-state index is -3.21. The van der Waals surface area contributed by atoms with E-state index in [1.807, 2.05) is 0 Å². The Morgan fingerprint density at radius 2 is 1.88 bits per heavy atom. The number of thiophene rings is 1. The first-order valence-electron chi connectivity index (χ1n) is 10.3. The zero-order valence-electron chi connectivity index (χ0n) is 17.9. The van der Waals surface area contributed by atoms with Crippen molar-refractivity contribution in [1.82, 2.24) is 0 Å². The summed E-state index contributed by atoms with van der Waals surface area (Å²) in [6.45, 7) is 3.66. The van der Waals surface area contributed by atoms with Gasteiger partial charge in [0.15, 0.2) is 15.6 Å². The zero-order valence-corrected chi connectivity index (χ0v) is 19.6. The van der Waals surface area contributed by atoms with Gasteiger partial charge >= 0.3 is 5.97 Å². The van der Waals surface area contributed by atoms with E-state index in [0.717, 1.165) is 11.3 Å². The number of ether oxygens (including phenoxy) is 2. The Bertz CT molecular complexity index is 1120. The van der Waals surface area contributed by atoms with Crippen LogP contribution in [0.3, 0.4) is 0 Å². The number of rotatable bonds is 9. The van der Waals surface area contributed by atoms with Gasteiger partial charge in [-0.05, 0) is 56.5 Å². The Kier molecular flexibility index (Phi) is 7.68. The molecule has 1 aromatic carbocycles. The van der Waals surface area contributed by atoms with Crippen molar-refractivity contribution in [2.45, 2.75) is 38.9 Å². The minimum Gasteiger partial charge on any atom is -0.494 e. The molecule has 0 fully saturated rings. The van der Waals surface area contributed by atoms with E-state index < -0.39 is 15.8 Å².